The summed E-state index contributed by atoms with van der Waals surface area (Å²) >= 11 is 0. The quantitative estimate of drug-likeness (QED) is 0.644. The number of carboxylic acid groups (broad SMARTS) is 1. The Morgan fingerprint density at radius 1 is 1.46 bits per heavy atom. The summed E-state index contributed by atoms with van der Waals surface area (Å²) in [5, 5.41) is 8.51. The Morgan fingerprint density at radius 2 is 2.08 bits per heavy atom. The maximum atomic E-state index is 10.3. The van der Waals surface area contributed by atoms with Crippen molar-refractivity contribution in [3.05, 3.63) is 0 Å². The summed E-state index contributed by atoms with van der Waals surface area (Å²) in [5.74, 6) is -0.747. The molecule has 0 unspecified atom stereocenters. The van der Waals surface area contributed by atoms with Crippen LogP contribution < -0.4 is 0 Å². The van der Waals surface area contributed by atoms with E-state index < -0.39 is 5.97 Å². The molecule has 4 heteroatoms. The van der Waals surface area contributed by atoms with Gasteiger partial charge in [-0.05, 0) is 13.8 Å². The van der Waals surface area contributed by atoms with E-state index in [0.29, 0.717) is 19.2 Å². The van der Waals surface area contributed by atoms with Crippen molar-refractivity contribution in [3.8, 4) is 0 Å². The van der Waals surface area contributed by atoms with E-state index in [4.69, 9.17) is 9.84 Å². The van der Waals surface area contributed by atoms with Crippen molar-refractivity contribution in [1.82, 2.24) is 4.90 Å². The summed E-state index contributed by atoms with van der Waals surface area (Å²) in [6, 6.07) is 0.370. The van der Waals surface area contributed by atoms with Gasteiger partial charge in [-0.25, -0.2) is 0 Å². The molecule has 0 rings (SSSR count). The predicted molar refractivity (Wildman–Crippen MR) is 50.8 cm³/mol. The first kappa shape index (κ1) is 12.4. The second-order valence-electron chi connectivity index (χ2n) is 3.27. The normalized spacial score (nSPS) is 11.2. The number of hydrogen-bond donors (Lipinski definition) is 1. The first-order valence-corrected chi connectivity index (χ1v) is 4.52. The van der Waals surface area contributed by atoms with Crippen molar-refractivity contribution in [1.29, 1.82) is 0 Å². The van der Waals surface area contributed by atoms with Crippen LogP contribution in [0, 0.1) is 0 Å². The van der Waals surface area contributed by atoms with Gasteiger partial charge in [-0.15, -0.1) is 0 Å². The number of methoxy groups -OCH3 is 1. The van der Waals surface area contributed by atoms with Gasteiger partial charge < -0.3 is 9.84 Å². The molecule has 13 heavy (non-hydrogen) atoms. The Labute approximate surface area is 79.5 Å². The maximum Gasteiger partial charge on any atom is 0.304 e. The Balaban J connectivity index is 3.73. The van der Waals surface area contributed by atoms with Crippen LogP contribution in [0.2, 0.25) is 0 Å². The molecule has 0 aliphatic carbocycles. The Bertz CT molecular complexity index is 148. The Kier molecular flexibility index (Phi) is 6.54. The van der Waals surface area contributed by atoms with Crippen molar-refractivity contribution < 1.29 is 14.6 Å². The number of rotatable bonds is 7. The molecule has 0 saturated heterocycles. The largest absolute Gasteiger partial charge is 0.481 e. The minimum absolute atomic E-state index is 0.196. The number of carboxylic acids is 1. The van der Waals surface area contributed by atoms with Crippen LogP contribution in [0.15, 0.2) is 0 Å². The Morgan fingerprint density at radius 3 is 2.46 bits per heavy atom. The van der Waals surface area contributed by atoms with Crippen LogP contribution in [0.1, 0.15) is 20.3 Å². The van der Waals surface area contributed by atoms with Crippen LogP contribution in [0.25, 0.3) is 0 Å². The van der Waals surface area contributed by atoms with Gasteiger partial charge in [0.25, 0.3) is 0 Å². The third kappa shape index (κ3) is 6.54. The third-order valence-electron chi connectivity index (χ3n) is 1.93. The van der Waals surface area contributed by atoms with Crippen molar-refractivity contribution >= 4 is 5.97 Å². The number of nitrogens with zero attached hydrogens (tertiary/aromatic N) is 1. The molecule has 0 amide bonds. The predicted octanol–water partition coefficient (Wildman–Crippen LogP) is 0.818. The standard InChI is InChI=1S/C9H19NO3/c1-8(2)10(6-7-13-3)5-4-9(11)12/h8H,4-7H2,1-3H3,(H,11,12). The molecular weight excluding hydrogens is 170 g/mol. The summed E-state index contributed by atoms with van der Waals surface area (Å²) in [5.41, 5.74) is 0. The van der Waals surface area contributed by atoms with E-state index in [1.807, 2.05) is 0 Å². The molecule has 0 aromatic heterocycles. The molecular formula is C9H19NO3. The van der Waals surface area contributed by atoms with Crippen LogP contribution in [0.5, 0.6) is 0 Å². The molecule has 0 aromatic rings. The highest BCUT2D eigenvalue weighted by Gasteiger charge is 2.10. The molecule has 0 saturated carbocycles. The van der Waals surface area contributed by atoms with E-state index in [0.717, 1.165) is 6.54 Å². The van der Waals surface area contributed by atoms with Gasteiger partial charge in [0.15, 0.2) is 0 Å². The zero-order valence-electron chi connectivity index (χ0n) is 8.62. The first-order chi connectivity index (χ1) is 6.07. The van der Waals surface area contributed by atoms with Crippen molar-refractivity contribution in [2.45, 2.75) is 26.3 Å². The number of carbonyl (C=O) groups is 1. The van der Waals surface area contributed by atoms with Crippen molar-refractivity contribution in [2.24, 2.45) is 0 Å². The number of hydrogen-bond acceptors (Lipinski definition) is 3. The highest BCUT2D eigenvalue weighted by Crippen LogP contribution is 1.99. The fraction of sp³-hybridized carbons (Fsp3) is 0.889. The molecule has 0 aliphatic rings. The average molecular weight is 189 g/mol. The van der Waals surface area contributed by atoms with E-state index in [1.165, 1.54) is 0 Å². The first-order valence-electron chi connectivity index (χ1n) is 4.52. The van der Waals surface area contributed by atoms with Crippen LogP contribution in [0.4, 0.5) is 0 Å². The molecule has 78 valence electrons. The van der Waals surface area contributed by atoms with Gasteiger partial charge in [-0.1, -0.05) is 0 Å². The average Bonchev–Trinajstić information content (AvgIpc) is 2.03. The SMILES string of the molecule is COCCN(CCC(=O)O)C(C)C. The van der Waals surface area contributed by atoms with E-state index in [2.05, 4.69) is 18.7 Å². The minimum Gasteiger partial charge on any atom is -0.481 e. The zero-order chi connectivity index (χ0) is 10.3. The lowest BCUT2D eigenvalue weighted by molar-refractivity contribution is -0.137. The van der Waals surface area contributed by atoms with Crippen LogP contribution in [0.3, 0.4) is 0 Å². The molecule has 4 nitrogen and oxygen atoms in total. The molecule has 0 fully saturated rings. The molecule has 0 spiro atoms. The van der Waals surface area contributed by atoms with E-state index in [-0.39, 0.29) is 6.42 Å². The fourth-order valence-electron chi connectivity index (χ4n) is 1.08. The lowest BCUT2D eigenvalue weighted by atomic mass is 10.3. The second-order valence-corrected chi connectivity index (χ2v) is 3.27. The van der Waals surface area contributed by atoms with Gasteiger partial charge in [-0.3, -0.25) is 9.69 Å². The van der Waals surface area contributed by atoms with E-state index in [1.54, 1.807) is 7.11 Å². The van der Waals surface area contributed by atoms with Gasteiger partial charge in [-0.2, -0.15) is 0 Å². The van der Waals surface area contributed by atoms with Gasteiger partial charge in [0, 0.05) is 26.2 Å². The number of aliphatic carboxylic acids is 1. The smallest absolute Gasteiger partial charge is 0.304 e. The highest BCUT2D eigenvalue weighted by molar-refractivity contribution is 5.66. The summed E-state index contributed by atoms with van der Waals surface area (Å²) in [6.07, 6.45) is 0.196. The monoisotopic (exact) mass is 189 g/mol. The summed E-state index contributed by atoms with van der Waals surface area (Å²) in [4.78, 5) is 12.4. The fourth-order valence-corrected chi connectivity index (χ4v) is 1.08. The van der Waals surface area contributed by atoms with E-state index >= 15 is 0 Å². The summed E-state index contributed by atoms with van der Waals surface area (Å²) in [7, 11) is 1.65. The zero-order valence-corrected chi connectivity index (χ0v) is 8.62. The summed E-state index contributed by atoms with van der Waals surface area (Å²) < 4.78 is 4.94. The summed E-state index contributed by atoms with van der Waals surface area (Å²) in [6.45, 7) is 6.14. The van der Waals surface area contributed by atoms with Gasteiger partial charge in [0.2, 0.25) is 0 Å². The molecule has 0 aliphatic heterocycles. The third-order valence-corrected chi connectivity index (χ3v) is 1.93. The number of ether oxygens (including phenoxy) is 1. The maximum absolute atomic E-state index is 10.3. The van der Waals surface area contributed by atoms with Crippen molar-refractivity contribution in [3.63, 3.8) is 0 Å². The lowest BCUT2D eigenvalue weighted by Crippen LogP contribution is -2.35. The molecule has 0 atom stereocenters. The highest BCUT2D eigenvalue weighted by atomic mass is 16.5. The van der Waals surface area contributed by atoms with Crippen LogP contribution in [-0.2, 0) is 9.53 Å². The molecule has 0 aromatic carbocycles. The topological polar surface area (TPSA) is 49.8 Å². The molecule has 0 bridgehead atoms. The lowest BCUT2D eigenvalue weighted by Gasteiger charge is -2.25. The van der Waals surface area contributed by atoms with Gasteiger partial charge in [0.05, 0.1) is 13.0 Å². The van der Waals surface area contributed by atoms with Gasteiger partial charge in [0.1, 0.15) is 0 Å². The Hall–Kier alpha value is -0.610. The molecule has 0 heterocycles. The minimum atomic E-state index is -0.747. The molecule has 1 N–H and O–H groups in total. The van der Waals surface area contributed by atoms with Crippen molar-refractivity contribution in [2.75, 3.05) is 26.8 Å². The van der Waals surface area contributed by atoms with Crippen LogP contribution in [-0.4, -0.2) is 48.8 Å². The molecule has 0 radical (unpaired) electrons. The van der Waals surface area contributed by atoms with E-state index in [9.17, 15) is 4.79 Å². The van der Waals surface area contributed by atoms with Crippen LogP contribution >= 0.6 is 0 Å². The van der Waals surface area contributed by atoms with Gasteiger partial charge >= 0.3 is 5.97 Å². The second kappa shape index (κ2) is 6.86.